The van der Waals surface area contributed by atoms with E-state index < -0.39 is 5.60 Å². The summed E-state index contributed by atoms with van der Waals surface area (Å²) in [5.74, 6) is 1.10. The van der Waals surface area contributed by atoms with Gasteiger partial charge >= 0.3 is 0 Å². The molecule has 4 heteroatoms. The molecule has 0 aliphatic heterocycles. The zero-order chi connectivity index (χ0) is 14.9. The molecular formula is C16H21NO2S. The summed E-state index contributed by atoms with van der Waals surface area (Å²) in [6.07, 6.45) is 0. The first-order chi connectivity index (χ1) is 9.32. The molecule has 20 heavy (non-hydrogen) atoms. The van der Waals surface area contributed by atoms with Gasteiger partial charge in [-0.05, 0) is 31.9 Å². The van der Waals surface area contributed by atoms with Gasteiger partial charge in [0.25, 0.3) is 0 Å². The molecule has 1 aromatic heterocycles. The number of ether oxygens (including phenoxy) is 1. The number of aliphatic hydroxyl groups is 1. The highest BCUT2D eigenvalue weighted by Crippen LogP contribution is 2.38. The first-order valence-electron chi connectivity index (χ1n) is 6.71. The van der Waals surface area contributed by atoms with Gasteiger partial charge in [0.1, 0.15) is 10.8 Å². The van der Waals surface area contributed by atoms with Crippen LogP contribution in [0, 0.1) is 0 Å². The largest absolute Gasteiger partial charge is 0.497 e. The number of hydrogen-bond acceptors (Lipinski definition) is 4. The smallest absolute Gasteiger partial charge is 0.124 e. The molecule has 0 spiro atoms. The van der Waals surface area contributed by atoms with Gasteiger partial charge in [-0.15, -0.1) is 11.3 Å². The fourth-order valence-electron chi connectivity index (χ4n) is 2.04. The second kappa shape index (κ2) is 5.54. The van der Waals surface area contributed by atoms with Crippen molar-refractivity contribution in [2.75, 3.05) is 7.11 Å². The van der Waals surface area contributed by atoms with E-state index in [0.717, 1.165) is 26.9 Å². The molecule has 0 aliphatic rings. The van der Waals surface area contributed by atoms with Crippen molar-refractivity contribution in [3.8, 4) is 16.3 Å². The molecule has 0 saturated heterocycles. The van der Waals surface area contributed by atoms with Crippen molar-refractivity contribution in [3.05, 3.63) is 34.8 Å². The topological polar surface area (TPSA) is 42.4 Å². The molecule has 108 valence electrons. The van der Waals surface area contributed by atoms with E-state index in [2.05, 4.69) is 13.8 Å². The standard InChI is InChI=1S/C16H21NO2S/c1-10(2)13-14(16(3,4)18)20-15(17-13)11-7-6-8-12(9-11)19-5/h6-10,18H,1-5H3. The minimum absolute atomic E-state index is 0.284. The van der Waals surface area contributed by atoms with Crippen molar-refractivity contribution in [2.45, 2.75) is 39.2 Å². The van der Waals surface area contributed by atoms with Gasteiger partial charge in [0, 0.05) is 5.56 Å². The highest BCUT2D eigenvalue weighted by atomic mass is 32.1. The molecule has 0 bridgehead atoms. The maximum absolute atomic E-state index is 10.3. The molecule has 0 saturated carbocycles. The minimum atomic E-state index is -0.867. The van der Waals surface area contributed by atoms with Crippen molar-refractivity contribution in [1.82, 2.24) is 4.98 Å². The third-order valence-corrected chi connectivity index (χ3v) is 4.51. The molecule has 1 heterocycles. The van der Waals surface area contributed by atoms with Crippen LogP contribution in [0.25, 0.3) is 10.6 Å². The fourth-order valence-corrected chi connectivity index (χ4v) is 3.26. The molecule has 0 aliphatic carbocycles. The van der Waals surface area contributed by atoms with E-state index >= 15 is 0 Å². The summed E-state index contributed by atoms with van der Waals surface area (Å²) in [5, 5.41) is 11.2. The van der Waals surface area contributed by atoms with Crippen LogP contribution in [0.1, 0.15) is 44.2 Å². The number of nitrogens with zero attached hydrogens (tertiary/aromatic N) is 1. The highest BCUT2D eigenvalue weighted by molar-refractivity contribution is 7.15. The van der Waals surface area contributed by atoms with Crippen molar-refractivity contribution in [1.29, 1.82) is 0 Å². The van der Waals surface area contributed by atoms with Gasteiger partial charge in [0.05, 0.1) is 23.3 Å². The average molecular weight is 291 g/mol. The van der Waals surface area contributed by atoms with Gasteiger partial charge in [-0.25, -0.2) is 4.98 Å². The quantitative estimate of drug-likeness (QED) is 0.919. The highest BCUT2D eigenvalue weighted by Gasteiger charge is 2.26. The molecule has 1 N–H and O–H groups in total. The molecule has 2 rings (SSSR count). The maximum atomic E-state index is 10.3. The lowest BCUT2D eigenvalue weighted by molar-refractivity contribution is 0.0811. The summed E-state index contributed by atoms with van der Waals surface area (Å²) in [5.41, 5.74) is 1.13. The summed E-state index contributed by atoms with van der Waals surface area (Å²) in [6, 6.07) is 7.85. The molecule has 0 amide bonds. The van der Waals surface area contributed by atoms with E-state index in [1.54, 1.807) is 18.4 Å². The van der Waals surface area contributed by atoms with Gasteiger partial charge in [-0.3, -0.25) is 0 Å². The van der Waals surface area contributed by atoms with Crippen LogP contribution >= 0.6 is 11.3 Å². The van der Waals surface area contributed by atoms with E-state index in [0.29, 0.717) is 0 Å². The van der Waals surface area contributed by atoms with Crippen LogP contribution in [0.2, 0.25) is 0 Å². The molecule has 1 aromatic carbocycles. The SMILES string of the molecule is COc1cccc(-c2nc(C(C)C)c(C(C)(C)O)s2)c1. The van der Waals surface area contributed by atoms with Gasteiger partial charge in [-0.2, -0.15) is 0 Å². The summed E-state index contributed by atoms with van der Waals surface area (Å²) >= 11 is 1.55. The first kappa shape index (κ1) is 15.0. The van der Waals surface area contributed by atoms with E-state index in [9.17, 15) is 5.11 Å². The predicted molar refractivity (Wildman–Crippen MR) is 83.4 cm³/mol. The van der Waals surface area contributed by atoms with Crippen molar-refractivity contribution in [3.63, 3.8) is 0 Å². The Kier molecular flexibility index (Phi) is 4.16. The lowest BCUT2D eigenvalue weighted by atomic mass is 10.0. The van der Waals surface area contributed by atoms with Crippen molar-refractivity contribution in [2.24, 2.45) is 0 Å². The molecular weight excluding hydrogens is 270 g/mol. The summed E-state index contributed by atoms with van der Waals surface area (Å²) in [4.78, 5) is 5.66. The molecule has 0 fully saturated rings. The van der Waals surface area contributed by atoms with Crippen LogP contribution in [-0.2, 0) is 5.60 Å². The summed E-state index contributed by atoms with van der Waals surface area (Å²) in [7, 11) is 1.66. The maximum Gasteiger partial charge on any atom is 0.124 e. The zero-order valence-corrected chi connectivity index (χ0v) is 13.4. The summed E-state index contributed by atoms with van der Waals surface area (Å²) in [6.45, 7) is 7.81. The molecule has 2 aromatic rings. The Morgan fingerprint density at radius 3 is 2.50 bits per heavy atom. The second-order valence-electron chi connectivity index (χ2n) is 5.68. The molecule has 0 unspecified atom stereocenters. The average Bonchev–Trinajstić information content (AvgIpc) is 2.84. The number of thiazole rings is 1. The van der Waals surface area contributed by atoms with Crippen LogP contribution in [0.3, 0.4) is 0 Å². The summed E-state index contributed by atoms with van der Waals surface area (Å²) < 4.78 is 5.26. The van der Waals surface area contributed by atoms with Crippen molar-refractivity contribution >= 4 is 11.3 Å². The lowest BCUT2D eigenvalue weighted by Crippen LogP contribution is -2.16. The van der Waals surface area contributed by atoms with Gasteiger partial charge in [0.2, 0.25) is 0 Å². The van der Waals surface area contributed by atoms with Crippen molar-refractivity contribution < 1.29 is 9.84 Å². The van der Waals surface area contributed by atoms with E-state index in [-0.39, 0.29) is 5.92 Å². The first-order valence-corrected chi connectivity index (χ1v) is 7.52. The van der Waals surface area contributed by atoms with Crippen LogP contribution in [0.4, 0.5) is 0 Å². The minimum Gasteiger partial charge on any atom is -0.497 e. The van der Waals surface area contributed by atoms with Gasteiger partial charge < -0.3 is 9.84 Å². The second-order valence-corrected chi connectivity index (χ2v) is 6.68. The molecule has 0 radical (unpaired) electrons. The number of aromatic nitrogens is 1. The Morgan fingerprint density at radius 1 is 1.30 bits per heavy atom. The zero-order valence-electron chi connectivity index (χ0n) is 12.6. The number of hydrogen-bond donors (Lipinski definition) is 1. The Labute approximate surface area is 124 Å². The Morgan fingerprint density at radius 2 is 2.00 bits per heavy atom. The van der Waals surface area contributed by atoms with Gasteiger partial charge in [0.15, 0.2) is 0 Å². The number of methoxy groups -OCH3 is 1. The van der Waals surface area contributed by atoms with E-state index in [4.69, 9.17) is 9.72 Å². The molecule has 3 nitrogen and oxygen atoms in total. The Hall–Kier alpha value is -1.39. The fraction of sp³-hybridized carbons (Fsp3) is 0.438. The molecule has 0 atom stereocenters. The van der Waals surface area contributed by atoms with Crippen LogP contribution < -0.4 is 4.74 Å². The third kappa shape index (κ3) is 3.02. The van der Waals surface area contributed by atoms with Crippen LogP contribution in [0.5, 0.6) is 5.75 Å². The normalized spacial score (nSPS) is 11.9. The third-order valence-electron chi connectivity index (χ3n) is 3.07. The Bertz CT molecular complexity index is 597. The number of benzene rings is 1. The van der Waals surface area contributed by atoms with Crippen LogP contribution in [0.15, 0.2) is 24.3 Å². The van der Waals surface area contributed by atoms with E-state index in [1.165, 1.54) is 0 Å². The van der Waals surface area contributed by atoms with Gasteiger partial charge in [-0.1, -0.05) is 26.0 Å². The Balaban J connectivity index is 2.53. The van der Waals surface area contributed by atoms with E-state index in [1.807, 2.05) is 38.1 Å². The lowest BCUT2D eigenvalue weighted by Gasteiger charge is -2.17. The predicted octanol–water partition coefficient (Wildman–Crippen LogP) is 4.17. The number of rotatable bonds is 4. The monoisotopic (exact) mass is 291 g/mol. The van der Waals surface area contributed by atoms with Crippen LogP contribution in [-0.4, -0.2) is 17.2 Å².